The van der Waals surface area contributed by atoms with Crippen LogP contribution in [0.1, 0.15) is 29.4 Å². The monoisotopic (exact) mass is 495 g/mol. The van der Waals surface area contributed by atoms with Crippen molar-refractivity contribution in [3.05, 3.63) is 81.2 Å². The van der Waals surface area contributed by atoms with Gasteiger partial charge in [-0.25, -0.2) is 15.4 Å². The maximum atomic E-state index is 12.1. The molecule has 0 spiro atoms. The van der Waals surface area contributed by atoms with Crippen molar-refractivity contribution >= 4 is 29.6 Å². The van der Waals surface area contributed by atoms with Crippen LogP contribution in [0.2, 0.25) is 0 Å². The normalized spacial score (nSPS) is 10.8. The number of nitro groups is 1. The molecule has 0 saturated carbocycles. The zero-order valence-corrected chi connectivity index (χ0v) is 20.4. The SMILES string of the molecule is CCOc1cc(/C=N\NC(=O)CSc2nc(C)cc(C)n2)ccc1OCc1cccc([N+](=O)[O-])c1. The van der Waals surface area contributed by atoms with Gasteiger partial charge in [0.2, 0.25) is 0 Å². The zero-order valence-electron chi connectivity index (χ0n) is 19.6. The van der Waals surface area contributed by atoms with Gasteiger partial charge < -0.3 is 9.47 Å². The van der Waals surface area contributed by atoms with E-state index < -0.39 is 4.92 Å². The first-order valence-electron chi connectivity index (χ1n) is 10.7. The average molecular weight is 496 g/mol. The predicted octanol–water partition coefficient (Wildman–Crippen LogP) is 4.22. The number of carbonyl (C=O) groups excluding carboxylic acids is 1. The van der Waals surface area contributed by atoms with Crippen LogP contribution in [0.5, 0.6) is 11.5 Å². The molecule has 0 radical (unpaired) electrons. The summed E-state index contributed by atoms with van der Waals surface area (Å²) in [5, 5.41) is 15.5. The van der Waals surface area contributed by atoms with E-state index in [4.69, 9.17) is 9.47 Å². The van der Waals surface area contributed by atoms with Crippen LogP contribution in [0.3, 0.4) is 0 Å². The molecule has 3 rings (SSSR count). The number of nitrogens with one attached hydrogen (secondary N) is 1. The van der Waals surface area contributed by atoms with Gasteiger partial charge in [0.15, 0.2) is 16.7 Å². The van der Waals surface area contributed by atoms with E-state index in [0.29, 0.717) is 34.4 Å². The van der Waals surface area contributed by atoms with Crippen molar-refractivity contribution in [3.8, 4) is 11.5 Å². The number of hydrogen-bond acceptors (Lipinski definition) is 9. The maximum absolute atomic E-state index is 12.1. The first kappa shape index (κ1) is 25.6. The summed E-state index contributed by atoms with van der Waals surface area (Å²) in [4.78, 5) is 31.2. The van der Waals surface area contributed by atoms with Crippen molar-refractivity contribution in [1.82, 2.24) is 15.4 Å². The minimum Gasteiger partial charge on any atom is -0.490 e. The van der Waals surface area contributed by atoms with E-state index in [0.717, 1.165) is 11.4 Å². The Balaban J connectivity index is 1.57. The quantitative estimate of drug-likeness (QED) is 0.138. The van der Waals surface area contributed by atoms with Crippen LogP contribution in [0, 0.1) is 24.0 Å². The van der Waals surface area contributed by atoms with Crippen LogP contribution in [-0.2, 0) is 11.4 Å². The molecule has 2 aromatic carbocycles. The summed E-state index contributed by atoms with van der Waals surface area (Å²) >= 11 is 1.24. The molecule has 3 aromatic rings. The molecule has 1 heterocycles. The molecule has 1 aromatic heterocycles. The van der Waals surface area contributed by atoms with Gasteiger partial charge in [-0.1, -0.05) is 23.9 Å². The Morgan fingerprint density at radius 1 is 1.11 bits per heavy atom. The molecule has 0 aliphatic heterocycles. The van der Waals surface area contributed by atoms with Crippen molar-refractivity contribution in [1.29, 1.82) is 0 Å². The highest BCUT2D eigenvalue weighted by Crippen LogP contribution is 2.29. The van der Waals surface area contributed by atoms with Crippen LogP contribution in [0.15, 0.2) is 58.8 Å². The van der Waals surface area contributed by atoms with Gasteiger partial charge in [-0.3, -0.25) is 14.9 Å². The number of hydrazone groups is 1. The second kappa shape index (κ2) is 12.5. The average Bonchev–Trinajstić information content (AvgIpc) is 2.82. The summed E-state index contributed by atoms with van der Waals surface area (Å²) in [6.45, 7) is 6.17. The molecular formula is C24H25N5O5S. The predicted molar refractivity (Wildman–Crippen MR) is 133 cm³/mol. The fraction of sp³-hybridized carbons (Fsp3) is 0.250. The van der Waals surface area contributed by atoms with Gasteiger partial charge in [-0.15, -0.1) is 0 Å². The largest absolute Gasteiger partial charge is 0.490 e. The van der Waals surface area contributed by atoms with Gasteiger partial charge in [-0.05, 0) is 56.2 Å². The number of non-ortho nitro benzene ring substituents is 1. The Labute approximate surface area is 206 Å². The molecule has 0 aliphatic rings. The lowest BCUT2D eigenvalue weighted by Crippen LogP contribution is -2.19. The van der Waals surface area contributed by atoms with Gasteiger partial charge in [0.05, 0.1) is 23.5 Å². The number of hydrogen-bond donors (Lipinski definition) is 1. The lowest BCUT2D eigenvalue weighted by Gasteiger charge is -2.12. The van der Waals surface area contributed by atoms with Crippen LogP contribution in [0.25, 0.3) is 0 Å². The van der Waals surface area contributed by atoms with Crippen molar-refractivity contribution in [3.63, 3.8) is 0 Å². The second-order valence-corrected chi connectivity index (χ2v) is 8.31. The first-order valence-corrected chi connectivity index (χ1v) is 11.7. The van der Waals surface area contributed by atoms with Crippen molar-refractivity contribution in [2.24, 2.45) is 5.10 Å². The van der Waals surface area contributed by atoms with Crippen molar-refractivity contribution in [2.45, 2.75) is 32.5 Å². The van der Waals surface area contributed by atoms with Crippen LogP contribution < -0.4 is 14.9 Å². The molecular weight excluding hydrogens is 470 g/mol. The van der Waals surface area contributed by atoms with Crippen molar-refractivity contribution in [2.75, 3.05) is 12.4 Å². The zero-order chi connectivity index (χ0) is 25.2. The Morgan fingerprint density at radius 2 is 1.89 bits per heavy atom. The fourth-order valence-corrected chi connectivity index (χ4v) is 3.75. The van der Waals surface area contributed by atoms with Gasteiger partial charge in [0.25, 0.3) is 11.6 Å². The van der Waals surface area contributed by atoms with Crippen LogP contribution >= 0.6 is 11.8 Å². The Hall–Kier alpha value is -3.99. The third-order valence-electron chi connectivity index (χ3n) is 4.48. The number of nitro benzene ring substituents is 1. The molecule has 35 heavy (non-hydrogen) atoms. The third kappa shape index (κ3) is 8.07. The van der Waals surface area contributed by atoms with Crippen LogP contribution in [-0.4, -0.2) is 39.4 Å². The molecule has 0 bridgehead atoms. The highest BCUT2D eigenvalue weighted by Gasteiger charge is 2.10. The number of rotatable bonds is 11. The van der Waals surface area contributed by atoms with E-state index in [-0.39, 0.29) is 24.0 Å². The maximum Gasteiger partial charge on any atom is 0.269 e. The lowest BCUT2D eigenvalue weighted by molar-refractivity contribution is -0.384. The standard InChI is InChI=1S/C24H25N5O5S/c1-4-33-22-12-18(8-9-21(22)34-14-19-6-5-7-20(11-19)29(31)32)13-25-28-23(30)15-35-24-26-16(2)10-17(3)27-24/h5-13H,4,14-15H2,1-3H3,(H,28,30)/b25-13-. The van der Waals surface area contributed by atoms with E-state index in [1.165, 1.54) is 30.1 Å². The summed E-state index contributed by atoms with van der Waals surface area (Å²) in [7, 11) is 0. The number of thioether (sulfide) groups is 1. The van der Waals surface area contributed by atoms with E-state index >= 15 is 0 Å². The topological polar surface area (TPSA) is 129 Å². The summed E-state index contributed by atoms with van der Waals surface area (Å²) in [6.07, 6.45) is 1.50. The number of aryl methyl sites for hydroxylation is 2. The van der Waals surface area contributed by atoms with Gasteiger partial charge in [-0.2, -0.15) is 5.10 Å². The molecule has 0 fully saturated rings. The highest BCUT2D eigenvalue weighted by molar-refractivity contribution is 7.99. The Morgan fingerprint density at radius 3 is 2.60 bits per heavy atom. The lowest BCUT2D eigenvalue weighted by atomic mass is 10.2. The van der Waals surface area contributed by atoms with Gasteiger partial charge in [0, 0.05) is 23.5 Å². The van der Waals surface area contributed by atoms with E-state index in [2.05, 4.69) is 20.5 Å². The minimum absolute atomic E-state index is 0.00432. The summed E-state index contributed by atoms with van der Waals surface area (Å²) in [5.74, 6) is 0.838. The molecule has 0 unspecified atom stereocenters. The molecule has 0 saturated heterocycles. The van der Waals surface area contributed by atoms with E-state index in [9.17, 15) is 14.9 Å². The summed E-state index contributed by atoms with van der Waals surface area (Å²) in [6, 6.07) is 13.3. The third-order valence-corrected chi connectivity index (χ3v) is 5.33. The number of nitrogens with zero attached hydrogens (tertiary/aromatic N) is 4. The van der Waals surface area contributed by atoms with Crippen molar-refractivity contribution < 1.29 is 19.2 Å². The number of amides is 1. The molecule has 11 heteroatoms. The highest BCUT2D eigenvalue weighted by atomic mass is 32.2. The Bertz CT molecular complexity index is 1210. The molecule has 0 aliphatic carbocycles. The molecule has 1 amide bonds. The first-order chi connectivity index (χ1) is 16.8. The van der Waals surface area contributed by atoms with Gasteiger partial charge in [0.1, 0.15) is 6.61 Å². The fourth-order valence-electron chi connectivity index (χ4n) is 3.01. The molecule has 1 N–H and O–H groups in total. The van der Waals surface area contributed by atoms with Crippen LogP contribution in [0.4, 0.5) is 5.69 Å². The molecule has 10 nitrogen and oxygen atoms in total. The Kier molecular flexibility index (Phi) is 9.13. The van der Waals surface area contributed by atoms with Gasteiger partial charge >= 0.3 is 0 Å². The number of benzene rings is 2. The smallest absolute Gasteiger partial charge is 0.269 e. The minimum atomic E-state index is -0.446. The van der Waals surface area contributed by atoms with E-state index in [1.807, 2.05) is 26.8 Å². The molecule has 182 valence electrons. The second-order valence-electron chi connectivity index (χ2n) is 7.37. The summed E-state index contributed by atoms with van der Waals surface area (Å²) in [5.41, 5.74) is 5.55. The number of ether oxygens (including phenoxy) is 2. The summed E-state index contributed by atoms with van der Waals surface area (Å²) < 4.78 is 11.5. The van der Waals surface area contributed by atoms with E-state index in [1.54, 1.807) is 30.3 Å². The molecule has 0 atom stereocenters. The number of carbonyl (C=O) groups is 1. The number of aromatic nitrogens is 2.